The third-order valence-corrected chi connectivity index (χ3v) is 8.95. The van der Waals surface area contributed by atoms with E-state index in [1.807, 2.05) is 24.3 Å². The number of nitrogens with zero attached hydrogens (tertiary/aromatic N) is 4. The smallest absolute Gasteiger partial charge is 0.382 e. The normalized spacial score (nSPS) is 15.8. The minimum absolute atomic E-state index is 0.0780. The number of nitrogen functional groups attached to an aromatic ring is 1. The number of H-pyrrole nitrogens is 1. The molecule has 0 saturated carbocycles. The summed E-state index contributed by atoms with van der Waals surface area (Å²) in [4.78, 5) is 18.2. The first-order valence-electron chi connectivity index (χ1n) is 15.7. The van der Waals surface area contributed by atoms with Crippen molar-refractivity contribution in [1.82, 2.24) is 29.7 Å². The Hall–Kier alpha value is -4.70. The van der Waals surface area contributed by atoms with E-state index in [-0.39, 0.29) is 12.0 Å². The number of para-hydroxylation sites is 1. The lowest BCUT2D eigenvalue weighted by atomic mass is 9.93. The topological polar surface area (TPSA) is 96.9 Å². The molecule has 0 bridgehead atoms. The second-order valence-electron chi connectivity index (χ2n) is 12.5. The number of aromatic amines is 1. The summed E-state index contributed by atoms with van der Waals surface area (Å²) in [5.41, 5.74) is 15.3. The Morgan fingerprint density at radius 3 is 2.57 bits per heavy atom. The maximum absolute atomic E-state index is 12.8. The number of aryl methyl sites for hydroxylation is 1. The average molecular weight is 624 g/mol. The summed E-state index contributed by atoms with van der Waals surface area (Å²) in [6, 6.07) is 18.5. The number of anilines is 1. The lowest BCUT2D eigenvalue weighted by molar-refractivity contribution is -0.126. The van der Waals surface area contributed by atoms with E-state index < -0.39 is 12.7 Å². The number of imidazole rings is 2. The number of hydrogen-bond acceptors (Lipinski definition) is 5. The number of fused-ring (bicyclic) bond motifs is 3. The largest absolute Gasteiger partial charge is 0.401 e. The zero-order chi connectivity index (χ0) is 32.2. The minimum atomic E-state index is -4.23. The zero-order valence-electron chi connectivity index (χ0n) is 26.0. The Kier molecular flexibility index (Phi) is 7.55. The van der Waals surface area contributed by atoms with Crippen molar-refractivity contribution in [3.05, 3.63) is 95.3 Å². The van der Waals surface area contributed by atoms with Crippen LogP contribution in [0, 0.1) is 6.92 Å². The van der Waals surface area contributed by atoms with Gasteiger partial charge in [0.15, 0.2) is 0 Å². The number of aromatic nitrogens is 5. The van der Waals surface area contributed by atoms with Crippen LogP contribution >= 0.6 is 0 Å². The van der Waals surface area contributed by atoms with Gasteiger partial charge in [-0.25, -0.2) is 15.0 Å². The molecule has 1 aliphatic carbocycles. The molecule has 0 saturated heterocycles. The van der Waals surface area contributed by atoms with Crippen molar-refractivity contribution in [3.63, 3.8) is 0 Å². The Morgan fingerprint density at radius 1 is 1.04 bits per heavy atom. The Morgan fingerprint density at radius 2 is 1.85 bits per heavy atom. The SMILES string of the molecule is Cc1cccc2[nH]c(Cc3ccc(-c4nc(C(C)C)n5c(C6=CC[C@@H](NCC(F)(F)F)CC6)cnc(N)c45)c4ccccc34)nc12. The maximum atomic E-state index is 12.8. The summed E-state index contributed by atoms with van der Waals surface area (Å²) >= 11 is 0. The standard InChI is InChI=1S/C36H36F3N7/c1-20(2)35-45-32(33-34(40)41-18-29(46(33)35)22-11-14-24(15-12-22)42-19-36(37,38)39)27-16-13-23(25-8-4-5-9-26(25)27)17-30-43-28-10-6-7-21(3)31(28)44-30/h4-11,13,16,18,20,24,42H,12,14-15,17,19H2,1-3H3,(H2,40,41)(H,43,44)/t24-/m1/s1. The lowest BCUT2D eigenvalue weighted by Gasteiger charge is -2.24. The maximum Gasteiger partial charge on any atom is 0.401 e. The van der Waals surface area contributed by atoms with Crippen molar-refractivity contribution in [2.45, 2.75) is 64.6 Å². The molecule has 0 aliphatic heterocycles. The van der Waals surface area contributed by atoms with Crippen LogP contribution in [0.5, 0.6) is 0 Å². The third-order valence-electron chi connectivity index (χ3n) is 8.95. The van der Waals surface area contributed by atoms with Crippen LogP contribution in [0.2, 0.25) is 0 Å². The fourth-order valence-electron chi connectivity index (χ4n) is 6.69. The van der Waals surface area contributed by atoms with E-state index in [0.717, 1.165) is 72.6 Å². The molecule has 0 spiro atoms. The van der Waals surface area contributed by atoms with Crippen LogP contribution in [0.15, 0.2) is 66.9 Å². The summed E-state index contributed by atoms with van der Waals surface area (Å²) < 4.78 is 40.5. The number of nitrogens with one attached hydrogen (secondary N) is 2. The van der Waals surface area contributed by atoms with E-state index >= 15 is 0 Å². The van der Waals surface area contributed by atoms with Crippen LogP contribution in [-0.2, 0) is 6.42 Å². The minimum Gasteiger partial charge on any atom is -0.382 e. The average Bonchev–Trinajstić information content (AvgIpc) is 3.64. The van der Waals surface area contributed by atoms with Gasteiger partial charge in [-0.2, -0.15) is 13.2 Å². The highest BCUT2D eigenvalue weighted by Crippen LogP contribution is 2.39. The molecule has 236 valence electrons. The van der Waals surface area contributed by atoms with Crippen LogP contribution in [0.4, 0.5) is 19.0 Å². The molecule has 4 N–H and O–H groups in total. The summed E-state index contributed by atoms with van der Waals surface area (Å²) in [5.74, 6) is 2.23. The monoisotopic (exact) mass is 623 g/mol. The fraction of sp³-hybridized carbons (Fsp3) is 0.306. The van der Waals surface area contributed by atoms with Gasteiger partial charge >= 0.3 is 6.18 Å². The Balaban J connectivity index is 1.31. The molecule has 1 aliphatic rings. The summed E-state index contributed by atoms with van der Waals surface area (Å²) in [6.07, 6.45) is 1.95. The molecule has 6 aromatic rings. The van der Waals surface area contributed by atoms with E-state index in [9.17, 15) is 13.2 Å². The van der Waals surface area contributed by atoms with Gasteiger partial charge in [0.2, 0.25) is 0 Å². The second kappa shape index (κ2) is 11.6. The van der Waals surface area contributed by atoms with E-state index in [1.54, 1.807) is 6.20 Å². The van der Waals surface area contributed by atoms with E-state index in [0.29, 0.717) is 31.5 Å². The first kappa shape index (κ1) is 30.0. The van der Waals surface area contributed by atoms with Crippen LogP contribution < -0.4 is 11.1 Å². The van der Waals surface area contributed by atoms with Crippen molar-refractivity contribution in [1.29, 1.82) is 0 Å². The molecule has 10 heteroatoms. The molecule has 7 rings (SSSR count). The zero-order valence-corrected chi connectivity index (χ0v) is 26.0. The highest BCUT2D eigenvalue weighted by atomic mass is 19.4. The van der Waals surface area contributed by atoms with Gasteiger partial charge in [0.25, 0.3) is 0 Å². The van der Waals surface area contributed by atoms with Gasteiger partial charge in [0.1, 0.15) is 28.7 Å². The molecule has 0 amide bonds. The number of hydrogen-bond donors (Lipinski definition) is 3. The molecule has 3 aromatic heterocycles. The quantitative estimate of drug-likeness (QED) is 0.167. The van der Waals surface area contributed by atoms with Crippen molar-refractivity contribution in [2.75, 3.05) is 12.3 Å². The molecule has 1 atom stereocenters. The van der Waals surface area contributed by atoms with Crippen molar-refractivity contribution < 1.29 is 13.2 Å². The van der Waals surface area contributed by atoms with E-state index in [1.165, 1.54) is 0 Å². The van der Waals surface area contributed by atoms with Crippen LogP contribution in [-0.4, -0.2) is 43.1 Å². The fourth-order valence-corrected chi connectivity index (χ4v) is 6.69. The number of allylic oxidation sites excluding steroid dienone is 1. The molecule has 7 nitrogen and oxygen atoms in total. The van der Waals surface area contributed by atoms with Crippen LogP contribution in [0.1, 0.15) is 67.5 Å². The molecular formula is C36H36F3N7. The van der Waals surface area contributed by atoms with Gasteiger partial charge in [0.05, 0.1) is 29.5 Å². The number of alkyl halides is 3. The molecule has 0 unspecified atom stereocenters. The number of halogens is 3. The number of benzene rings is 3. The molecule has 0 fully saturated rings. The van der Waals surface area contributed by atoms with E-state index in [2.05, 4.69) is 76.9 Å². The van der Waals surface area contributed by atoms with Gasteiger partial charge < -0.3 is 16.0 Å². The van der Waals surface area contributed by atoms with Crippen LogP contribution in [0.3, 0.4) is 0 Å². The highest BCUT2D eigenvalue weighted by molar-refractivity contribution is 6.02. The highest BCUT2D eigenvalue weighted by Gasteiger charge is 2.29. The summed E-state index contributed by atoms with van der Waals surface area (Å²) in [7, 11) is 0. The summed E-state index contributed by atoms with van der Waals surface area (Å²) in [6.45, 7) is 5.28. The molecular weight excluding hydrogens is 587 g/mol. The molecule has 3 heterocycles. The Bertz CT molecular complexity index is 2120. The molecule has 0 radical (unpaired) electrons. The second-order valence-corrected chi connectivity index (χ2v) is 12.5. The van der Waals surface area contributed by atoms with Crippen molar-refractivity contribution >= 4 is 38.7 Å². The first-order chi connectivity index (χ1) is 22.1. The predicted molar refractivity (Wildman–Crippen MR) is 178 cm³/mol. The van der Waals surface area contributed by atoms with E-state index in [4.69, 9.17) is 15.7 Å². The molecule has 3 aromatic carbocycles. The number of rotatable bonds is 7. The third kappa shape index (κ3) is 5.51. The number of nitrogens with two attached hydrogens (primary N) is 1. The van der Waals surface area contributed by atoms with Crippen molar-refractivity contribution in [3.8, 4) is 11.3 Å². The summed E-state index contributed by atoms with van der Waals surface area (Å²) in [5, 5.41) is 4.82. The van der Waals surface area contributed by atoms with Crippen LogP contribution in [0.25, 0.3) is 44.2 Å². The molecule has 46 heavy (non-hydrogen) atoms. The first-order valence-corrected chi connectivity index (χ1v) is 15.7. The van der Waals surface area contributed by atoms with Gasteiger partial charge in [-0.1, -0.05) is 68.5 Å². The van der Waals surface area contributed by atoms with Crippen molar-refractivity contribution in [2.24, 2.45) is 0 Å². The Labute approximate surface area is 264 Å². The lowest BCUT2D eigenvalue weighted by Crippen LogP contribution is -2.37. The van der Waals surface area contributed by atoms with Gasteiger partial charge in [-0.05, 0) is 59.7 Å². The predicted octanol–water partition coefficient (Wildman–Crippen LogP) is 8.12. The van der Waals surface area contributed by atoms with Gasteiger partial charge in [-0.15, -0.1) is 0 Å². The van der Waals surface area contributed by atoms with Gasteiger partial charge in [0, 0.05) is 23.9 Å². The van der Waals surface area contributed by atoms with Gasteiger partial charge in [-0.3, -0.25) is 4.40 Å².